The van der Waals surface area contributed by atoms with Crippen LogP contribution in [0.2, 0.25) is 0 Å². The average Bonchev–Trinajstić information content (AvgIpc) is 3.55. The van der Waals surface area contributed by atoms with Gasteiger partial charge in [0.15, 0.2) is 11.5 Å². The number of aliphatic hydroxyl groups excluding tert-OH is 1. The summed E-state index contributed by atoms with van der Waals surface area (Å²) in [5.41, 5.74) is 3.47. The van der Waals surface area contributed by atoms with Crippen LogP contribution in [0.5, 0.6) is 0 Å². The molecular weight excluding hydrogens is 442 g/mol. The maximum atomic E-state index is 11.7. The molecular formula is C27H35N5O3. The van der Waals surface area contributed by atoms with Crippen molar-refractivity contribution in [2.45, 2.75) is 58.1 Å². The molecule has 0 aromatic carbocycles. The Balaban J connectivity index is 1.28. The number of aliphatic hydroxyl groups is 1. The fourth-order valence-electron chi connectivity index (χ4n) is 6.95. The number of carbonyl (C=O) groups is 1. The summed E-state index contributed by atoms with van der Waals surface area (Å²) in [7, 11) is 0. The molecule has 186 valence electrons. The first-order chi connectivity index (χ1) is 16.7. The molecule has 1 amide bonds. The molecule has 3 aliphatic heterocycles. The van der Waals surface area contributed by atoms with E-state index in [1.807, 2.05) is 4.52 Å². The van der Waals surface area contributed by atoms with Gasteiger partial charge in [0.1, 0.15) is 5.60 Å². The number of aryl methyl sites for hydroxylation is 1. The van der Waals surface area contributed by atoms with E-state index in [1.54, 1.807) is 5.57 Å². The second kappa shape index (κ2) is 7.64. The Hall–Kier alpha value is -2.71. The largest absolute Gasteiger partial charge is 0.396 e. The number of rotatable bonds is 5. The Labute approximate surface area is 206 Å². The quantitative estimate of drug-likeness (QED) is 0.688. The van der Waals surface area contributed by atoms with Gasteiger partial charge in [-0.15, -0.1) is 5.10 Å². The molecule has 35 heavy (non-hydrogen) atoms. The van der Waals surface area contributed by atoms with Crippen molar-refractivity contribution in [1.29, 1.82) is 0 Å². The summed E-state index contributed by atoms with van der Waals surface area (Å²) in [5.74, 6) is 0.826. The smallest absolute Gasteiger partial charge is 0.217 e. The van der Waals surface area contributed by atoms with Crippen LogP contribution in [-0.4, -0.2) is 57.5 Å². The molecule has 5 aliphatic rings. The SMILES string of the molecule is CC(=O)N[C@]12CO[C@](c3nc4c(C)cc(N5CC[C@](C)(C6=CC=CC(C)C6)C5)cn4n3)(C1)[C@H]2CO. The van der Waals surface area contributed by atoms with Crippen LogP contribution in [0, 0.1) is 24.2 Å². The van der Waals surface area contributed by atoms with Gasteiger partial charge in [0.25, 0.3) is 0 Å². The number of aromatic nitrogens is 3. The molecule has 2 bridgehead atoms. The molecule has 2 aromatic rings. The predicted molar refractivity (Wildman–Crippen MR) is 133 cm³/mol. The molecule has 4 fully saturated rings. The van der Waals surface area contributed by atoms with E-state index < -0.39 is 11.1 Å². The van der Waals surface area contributed by atoms with Gasteiger partial charge in [0.05, 0.1) is 30.6 Å². The predicted octanol–water partition coefficient (Wildman–Crippen LogP) is 2.89. The fourth-order valence-corrected chi connectivity index (χ4v) is 6.95. The van der Waals surface area contributed by atoms with Crippen LogP contribution in [0.3, 0.4) is 0 Å². The van der Waals surface area contributed by atoms with Gasteiger partial charge in [-0.25, -0.2) is 9.50 Å². The lowest BCUT2D eigenvalue weighted by Gasteiger charge is -2.50. The summed E-state index contributed by atoms with van der Waals surface area (Å²) in [6, 6.07) is 2.20. The zero-order valence-corrected chi connectivity index (χ0v) is 21.0. The number of anilines is 1. The lowest BCUT2D eigenvalue weighted by atomic mass is 9.58. The Morgan fingerprint density at radius 3 is 2.97 bits per heavy atom. The molecule has 8 heteroatoms. The molecule has 2 aromatic heterocycles. The number of hydrogen-bond donors (Lipinski definition) is 2. The van der Waals surface area contributed by atoms with Gasteiger partial charge < -0.3 is 20.1 Å². The zero-order chi connectivity index (χ0) is 24.6. The van der Waals surface area contributed by atoms with Crippen molar-refractivity contribution < 1.29 is 14.6 Å². The maximum Gasteiger partial charge on any atom is 0.217 e. The van der Waals surface area contributed by atoms with Gasteiger partial charge in [-0.2, -0.15) is 0 Å². The van der Waals surface area contributed by atoms with Gasteiger partial charge in [-0.05, 0) is 37.3 Å². The van der Waals surface area contributed by atoms with Gasteiger partial charge in [0, 0.05) is 37.8 Å². The monoisotopic (exact) mass is 477 g/mol. The molecule has 0 radical (unpaired) electrons. The highest BCUT2D eigenvalue weighted by Gasteiger charge is 2.73. The molecule has 5 heterocycles. The first-order valence-corrected chi connectivity index (χ1v) is 12.7. The van der Waals surface area contributed by atoms with Crippen molar-refractivity contribution in [3.8, 4) is 0 Å². The summed E-state index contributed by atoms with van der Waals surface area (Å²) >= 11 is 0. The molecule has 1 saturated carbocycles. The number of fused-ring (bicyclic) bond motifs is 2. The lowest BCUT2D eigenvalue weighted by molar-refractivity contribution is -0.128. The highest BCUT2D eigenvalue weighted by atomic mass is 16.5. The number of hydrogen-bond acceptors (Lipinski definition) is 6. The van der Waals surface area contributed by atoms with Gasteiger partial charge in [-0.1, -0.05) is 37.6 Å². The Morgan fingerprint density at radius 1 is 1.40 bits per heavy atom. The summed E-state index contributed by atoms with van der Waals surface area (Å²) in [6.45, 7) is 10.5. The number of nitrogens with zero attached hydrogens (tertiary/aromatic N) is 4. The van der Waals surface area contributed by atoms with Crippen LogP contribution in [-0.2, 0) is 15.1 Å². The number of carbonyl (C=O) groups excluding carboxylic acids is 1. The minimum Gasteiger partial charge on any atom is -0.396 e. The Morgan fingerprint density at radius 2 is 2.23 bits per heavy atom. The summed E-state index contributed by atoms with van der Waals surface area (Å²) in [4.78, 5) is 19.1. The number of allylic oxidation sites excluding steroid dienone is 3. The van der Waals surface area contributed by atoms with E-state index in [-0.39, 0.29) is 23.8 Å². The van der Waals surface area contributed by atoms with Gasteiger partial charge >= 0.3 is 0 Å². The standard InChI is InChI=1S/C27H35N5O3/c1-17-6-5-7-20(10-17)25(4)8-9-31(15-25)21-11-18(2)23-28-24(30-32(23)12-21)27-14-26(16-35-27,22(27)13-33)29-19(3)34/h5-7,11-12,17,22,33H,8-10,13-16H2,1-4H3,(H,29,34)/t17?,22-,25-,26-,27+/m0/s1. The van der Waals surface area contributed by atoms with Crippen molar-refractivity contribution >= 4 is 17.2 Å². The second-order valence-corrected chi connectivity index (χ2v) is 11.5. The average molecular weight is 478 g/mol. The van der Waals surface area contributed by atoms with E-state index in [0.29, 0.717) is 24.8 Å². The molecule has 7 rings (SSSR count). The molecule has 8 nitrogen and oxygen atoms in total. The maximum absolute atomic E-state index is 11.7. The van der Waals surface area contributed by atoms with Crippen LogP contribution < -0.4 is 10.2 Å². The topological polar surface area (TPSA) is 92.0 Å². The highest BCUT2D eigenvalue weighted by molar-refractivity contribution is 5.74. The first kappa shape index (κ1) is 22.7. The zero-order valence-electron chi connectivity index (χ0n) is 21.0. The first-order valence-electron chi connectivity index (χ1n) is 12.7. The Kier molecular flexibility index (Phi) is 4.96. The van der Waals surface area contributed by atoms with Crippen LogP contribution in [0.15, 0.2) is 36.1 Å². The third-order valence-electron chi connectivity index (χ3n) is 8.88. The molecule has 2 aliphatic carbocycles. The van der Waals surface area contributed by atoms with Crippen LogP contribution in [0.1, 0.15) is 51.4 Å². The number of nitrogens with one attached hydrogen (secondary N) is 1. The summed E-state index contributed by atoms with van der Waals surface area (Å²) in [6.07, 6.45) is 11.8. The third kappa shape index (κ3) is 3.29. The highest BCUT2D eigenvalue weighted by Crippen LogP contribution is 2.61. The molecule has 1 unspecified atom stereocenters. The third-order valence-corrected chi connectivity index (χ3v) is 8.88. The van der Waals surface area contributed by atoms with Crippen LogP contribution in [0.25, 0.3) is 5.65 Å². The number of amides is 1. The van der Waals surface area contributed by atoms with Crippen molar-refractivity contribution in [1.82, 2.24) is 19.9 Å². The lowest BCUT2D eigenvalue weighted by Crippen LogP contribution is -2.67. The minimum absolute atomic E-state index is 0.0872. The van der Waals surface area contributed by atoms with E-state index >= 15 is 0 Å². The van der Waals surface area contributed by atoms with E-state index in [9.17, 15) is 9.90 Å². The van der Waals surface area contributed by atoms with E-state index in [2.05, 4.69) is 61.5 Å². The van der Waals surface area contributed by atoms with Crippen molar-refractivity contribution in [3.63, 3.8) is 0 Å². The molecule has 2 N–H and O–H groups in total. The molecule has 5 atom stereocenters. The molecule has 0 spiro atoms. The number of ether oxygens (including phenoxy) is 1. The van der Waals surface area contributed by atoms with Crippen LogP contribution in [0.4, 0.5) is 5.69 Å². The van der Waals surface area contributed by atoms with E-state index in [1.165, 1.54) is 6.92 Å². The number of pyridine rings is 1. The second-order valence-electron chi connectivity index (χ2n) is 11.5. The fraction of sp³-hybridized carbons (Fsp3) is 0.593. The van der Waals surface area contributed by atoms with Crippen LogP contribution >= 0.6 is 0 Å². The van der Waals surface area contributed by atoms with Gasteiger partial charge in [0.2, 0.25) is 5.91 Å². The molecule has 3 saturated heterocycles. The summed E-state index contributed by atoms with van der Waals surface area (Å²) in [5, 5.41) is 18.0. The minimum atomic E-state index is -0.750. The van der Waals surface area contributed by atoms with Crippen molar-refractivity contribution in [3.05, 3.63) is 47.5 Å². The van der Waals surface area contributed by atoms with E-state index in [0.717, 1.165) is 42.8 Å². The Bertz CT molecular complexity index is 1270. The van der Waals surface area contributed by atoms with Gasteiger partial charge in [-0.3, -0.25) is 4.79 Å². The van der Waals surface area contributed by atoms with Crippen molar-refractivity contribution in [2.24, 2.45) is 17.3 Å². The normalized spacial score (nSPS) is 35.9. The summed E-state index contributed by atoms with van der Waals surface area (Å²) < 4.78 is 8.04. The van der Waals surface area contributed by atoms with Crippen molar-refractivity contribution in [2.75, 3.05) is 31.2 Å². The van der Waals surface area contributed by atoms with E-state index in [4.69, 9.17) is 14.8 Å².